The average Bonchev–Trinajstić information content (AvgIpc) is 3.30. The first kappa shape index (κ1) is 25.1. The fraction of sp³-hybridized carbons (Fsp3) is 0.250. The lowest BCUT2D eigenvalue weighted by atomic mass is 10.2. The zero-order chi connectivity index (χ0) is 24.9. The highest BCUT2D eigenvalue weighted by Crippen LogP contribution is 2.24. The highest BCUT2D eigenvalue weighted by molar-refractivity contribution is 7.89. The van der Waals surface area contributed by atoms with E-state index in [1.165, 1.54) is 52.8 Å². The molecule has 0 aliphatic carbocycles. The molecular formula is C24H25FN2O6S. The van der Waals surface area contributed by atoms with Crippen LogP contribution in [0.4, 0.5) is 10.1 Å². The molecule has 2 aromatic carbocycles. The Hall–Kier alpha value is -3.50. The van der Waals surface area contributed by atoms with Crippen LogP contribution in [0, 0.1) is 12.7 Å². The third-order valence-electron chi connectivity index (χ3n) is 5.10. The van der Waals surface area contributed by atoms with Gasteiger partial charge in [0.15, 0.2) is 6.61 Å². The number of furan rings is 1. The van der Waals surface area contributed by atoms with Gasteiger partial charge in [0.2, 0.25) is 15.8 Å². The number of halogens is 1. The number of hydrogen-bond donors (Lipinski definition) is 1. The summed E-state index contributed by atoms with van der Waals surface area (Å²) in [5, 5.41) is 2.58. The van der Waals surface area contributed by atoms with Gasteiger partial charge in [0, 0.05) is 24.3 Å². The van der Waals surface area contributed by atoms with Crippen LogP contribution in [0.3, 0.4) is 0 Å². The molecule has 34 heavy (non-hydrogen) atoms. The van der Waals surface area contributed by atoms with E-state index in [2.05, 4.69) is 5.32 Å². The number of carbonyl (C=O) groups excluding carboxylic acids is 2. The third-order valence-corrected chi connectivity index (χ3v) is 7.14. The van der Waals surface area contributed by atoms with Crippen molar-refractivity contribution in [3.63, 3.8) is 0 Å². The number of aryl methyl sites for hydroxylation is 1. The Bertz CT molecular complexity index is 1280. The minimum Gasteiger partial charge on any atom is -0.450 e. The number of hydrogen-bond acceptors (Lipinski definition) is 6. The number of esters is 1. The molecule has 0 spiro atoms. The van der Waals surface area contributed by atoms with Gasteiger partial charge in [-0.15, -0.1) is 0 Å². The number of sulfonamides is 1. The maximum absolute atomic E-state index is 13.1. The summed E-state index contributed by atoms with van der Waals surface area (Å²) in [6.45, 7) is 5.25. The SMILES string of the molecule is CCN(CC)S(=O)(=O)c1ccc(C)c(NC(=O)COC(=O)c2ccc(-c3ccc(F)cc3)o2)c1. The molecule has 0 radical (unpaired) electrons. The predicted molar refractivity (Wildman–Crippen MR) is 124 cm³/mol. The maximum atomic E-state index is 13.1. The van der Waals surface area contributed by atoms with Crippen LogP contribution >= 0.6 is 0 Å². The molecule has 3 rings (SSSR count). The van der Waals surface area contributed by atoms with Crippen molar-refractivity contribution < 1.29 is 31.6 Å². The van der Waals surface area contributed by atoms with Crippen LogP contribution < -0.4 is 5.32 Å². The minimum absolute atomic E-state index is 0.0537. The molecule has 0 saturated heterocycles. The van der Waals surface area contributed by atoms with Crippen LogP contribution in [0.15, 0.2) is 63.9 Å². The summed E-state index contributed by atoms with van der Waals surface area (Å²) in [6.07, 6.45) is 0. The summed E-state index contributed by atoms with van der Waals surface area (Å²) in [6, 6.07) is 12.9. The van der Waals surface area contributed by atoms with Gasteiger partial charge in [-0.25, -0.2) is 17.6 Å². The highest BCUT2D eigenvalue weighted by Gasteiger charge is 2.23. The second-order valence-corrected chi connectivity index (χ2v) is 9.30. The van der Waals surface area contributed by atoms with E-state index in [1.54, 1.807) is 26.8 Å². The lowest BCUT2D eigenvalue weighted by Crippen LogP contribution is -2.30. The van der Waals surface area contributed by atoms with Crippen molar-refractivity contribution in [2.75, 3.05) is 25.0 Å². The van der Waals surface area contributed by atoms with Crippen molar-refractivity contribution >= 4 is 27.6 Å². The van der Waals surface area contributed by atoms with Crippen LogP contribution in [-0.4, -0.2) is 44.3 Å². The quantitative estimate of drug-likeness (QED) is 0.452. The van der Waals surface area contributed by atoms with Gasteiger partial charge >= 0.3 is 5.97 Å². The van der Waals surface area contributed by atoms with Crippen LogP contribution in [-0.2, 0) is 19.6 Å². The lowest BCUT2D eigenvalue weighted by Gasteiger charge is -2.19. The van der Waals surface area contributed by atoms with E-state index in [4.69, 9.17) is 9.15 Å². The Morgan fingerprint density at radius 1 is 1.03 bits per heavy atom. The minimum atomic E-state index is -3.70. The molecule has 0 saturated carbocycles. The summed E-state index contributed by atoms with van der Waals surface area (Å²) < 4.78 is 50.3. The maximum Gasteiger partial charge on any atom is 0.374 e. The molecule has 3 aromatic rings. The molecule has 0 aliphatic heterocycles. The number of rotatable bonds is 9. The predicted octanol–water partition coefficient (Wildman–Crippen LogP) is 4.22. The number of carbonyl (C=O) groups is 2. The molecule has 8 nitrogen and oxygen atoms in total. The van der Waals surface area contributed by atoms with Crippen LogP contribution in [0.5, 0.6) is 0 Å². The van der Waals surface area contributed by atoms with E-state index in [1.807, 2.05) is 0 Å². The highest BCUT2D eigenvalue weighted by atomic mass is 32.2. The Balaban J connectivity index is 1.64. The fourth-order valence-corrected chi connectivity index (χ4v) is 4.70. The number of anilines is 1. The fourth-order valence-electron chi connectivity index (χ4n) is 3.21. The van der Waals surface area contributed by atoms with Crippen molar-refractivity contribution in [3.05, 3.63) is 71.7 Å². The first-order valence-corrected chi connectivity index (χ1v) is 12.0. The second kappa shape index (κ2) is 10.6. The van der Waals surface area contributed by atoms with E-state index >= 15 is 0 Å². The Morgan fingerprint density at radius 2 is 1.71 bits per heavy atom. The van der Waals surface area contributed by atoms with E-state index in [-0.39, 0.29) is 10.7 Å². The molecule has 0 fully saturated rings. The number of amides is 1. The Morgan fingerprint density at radius 3 is 2.35 bits per heavy atom. The largest absolute Gasteiger partial charge is 0.450 e. The van der Waals surface area contributed by atoms with Gasteiger partial charge in [-0.1, -0.05) is 19.9 Å². The van der Waals surface area contributed by atoms with Gasteiger partial charge < -0.3 is 14.5 Å². The number of ether oxygens (including phenoxy) is 1. The van der Waals surface area contributed by atoms with E-state index in [0.29, 0.717) is 35.7 Å². The first-order valence-electron chi connectivity index (χ1n) is 10.6. The van der Waals surface area contributed by atoms with Crippen molar-refractivity contribution in [3.8, 4) is 11.3 Å². The molecular weight excluding hydrogens is 463 g/mol. The summed E-state index contributed by atoms with van der Waals surface area (Å²) in [5.41, 5.74) is 1.52. The van der Waals surface area contributed by atoms with Gasteiger partial charge in [0.05, 0.1) is 4.90 Å². The molecule has 180 valence electrons. The van der Waals surface area contributed by atoms with Gasteiger partial charge in [0.25, 0.3) is 5.91 Å². The summed E-state index contributed by atoms with van der Waals surface area (Å²) in [7, 11) is -3.70. The van der Waals surface area contributed by atoms with Crippen molar-refractivity contribution in [2.45, 2.75) is 25.7 Å². The smallest absolute Gasteiger partial charge is 0.374 e. The van der Waals surface area contributed by atoms with E-state index in [0.717, 1.165) is 0 Å². The molecule has 1 aromatic heterocycles. The Labute approximate surface area is 197 Å². The monoisotopic (exact) mass is 488 g/mol. The zero-order valence-corrected chi connectivity index (χ0v) is 19.8. The molecule has 1 amide bonds. The van der Waals surface area contributed by atoms with Gasteiger partial charge in [-0.05, 0) is 61.0 Å². The number of nitrogens with one attached hydrogen (secondary N) is 1. The molecule has 1 N–H and O–H groups in total. The van der Waals surface area contributed by atoms with E-state index < -0.39 is 34.3 Å². The molecule has 1 heterocycles. The van der Waals surface area contributed by atoms with Gasteiger partial charge in [-0.3, -0.25) is 4.79 Å². The molecule has 10 heteroatoms. The summed E-state index contributed by atoms with van der Waals surface area (Å²) in [4.78, 5) is 24.7. The zero-order valence-electron chi connectivity index (χ0n) is 19.0. The summed E-state index contributed by atoms with van der Waals surface area (Å²) >= 11 is 0. The Kier molecular flexibility index (Phi) is 7.85. The first-order chi connectivity index (χ1) is 16.1. The summed E-state index contributed by atoms with van der Waals surface area (Å²) in [5.74, 6) is -1.65. The lowest BCUT2D eigenvalue weighted by molar-refractivity contribution is -0.119. The average molecular weight is 489 g/mol. The third kappa shape index (κ3) is 5.70. The van der Waals surface area contributed by atoms with Crippen LogP contribution in [0.2, 0.25) is 0 Å². The van der Waals surface area contributed by atoms with Gasteiger partial charge in [0.1, 0.15) is 11.6 Å². The van der Waals surface area contributed by atoms with Gasteiger partial charge in [-0.2, -0.15) is 4.31 Å². The second-order valence-electron chi connectivity index (χ2n) is 7.36. The molecule has 0 aliphatic rings. The number of benzene rings is 2. The molecule has 0 atom stereocenters. The topological polar surface area (TPSA) is 106 Å². The standard InChI is InChI=1S/C24H25FN2O6S/c1-4-27(5-2)34(30,31)19-11-6-16(3)20(14-19)26-23(28)15-32-24(29)22-13-12-21(33-22)17-7-9-18(25)10-8-17/h6-14H,4-5,15H2,1-3H3,(H,26,28). The van der Waals surface area contributed by atoms with Crippen molar-refractivity contribution in [1.82, 2.24) is 4.31 Å². The van der Waals surface area contributed by atoms with Crippen LogP contribution in [0.1, 0.15) is 30.0 Å². The normalized spacial score (nSPS) is 11.4. The van der Waals surface area contributed by atoms with E-state index in [9.17, 15) is 22.4 Å². The van der Waals surface area contributed by atoms with Crippen molar-refractivity contribution in [1.29, 1.82) is 0 Å². The number of nitrogens with zero attached hydrogens (tertiary/aromatic N) is 1. The van der Waals surface area contributed by atoms with Crippen LogP contribution in [0.25, 0.3) is 11.3 Å². The molecule has 0 bridgehead atoms. The van der Waals surface area contributed by atoms with Crippen molar-refractivity contribution in [2.24, 2.45) is 0 Å². The molecule has 0 unspecified atom stereocenters.